The molecule has 0 bridgehead atoms. The second-order valence-electron chi connectivity index (χ2n) is 10.5. The van der Waals surface area contributed by atoms with Crippen molar-refractivity contribution in [2.24, 2.45) is 5.10 Å². The maximum absolute atomic E-state index is 12.5. The quantitative estimate of drug-likeness (QED) is 0.0507. The molecule has 0 radical (unpaired) electrons. The minimum absolute atomic E-state index is 0.0728. The number of esters is 1. The average molecular weight is 567 g/mol. The van der Waals surface area contributed by atoms with E-state index < -0.39 is 5.97 Å². The van der Waals surface area contributed by atoms with Gasteiger partial charge in [0.2, 0.25) is 5.91 Å². The van der Waals surface area contributed by atoms with Crippen molar-refractivity contribution in [2.75, 3.05) is 14.2 Å². The zero-order valence-electron chi connectivity index (χ0n) is 25.4. The van der Waals surface area contributed by atoms with E-state index in [9.17, 15) is 9.59 Å². The number of carbonyl (C=O) groups is 2. The first-order valence-electron chi connectivity index (χ1n) is 15.4. The van der Waals surface area contributed by atoms with Crippen molar-refractivity contribution in [3.63, 3.8) is 0 Å². The highest BCUT2D eigenvalue weighted by Crippen LogP contribution is 2.28. The Morgan fingerprint density at radius 2 is 1.24 bits per heavy atom. The molecule has 0 heterocycles. The largest absolute Gasteiger partial charge is 0.493 e. The highest BCUT2D eigenvalue weighted by Gasteiger charge is 2.13. The predicted octanol–water partition coefficient (Wildman–Crippen LogP) is 8.63. The number of rotatable bonds is 22. The highest BCUT2D eigenvalue weighted by molar-refractivity contribution is 5.92. The van der Waals surface area contributed by atoms with E-state index >= 15 is 0 Å². The molecule has 0 aliphatic rings. The number of carbonyl (C=O) groups excluding carboxylic acids is 2. The van der Waals surface area contributed by atoms with Gasteiger partial charge in [0.15, 0.2) is 11.5 Å². The van der Waals surface area contributed by atoms with Crippen molar-refractivity contribution in [1.29, 1.82) is 0 Å². The number of methoxy groups -OCH3 is 2. The van der Waals surface area contributed by atoms with Crippen LogP contribution < -0.4 is 19.6 Å². The SMILES string of the molecule is CCCCCCCCCCCCCCCCCC(=O)N/N=C/c1ccc(OC(=O)c2ccc(OC)c(OC)c2)cc1. The van der Waals surface area contributed by atoms with E-state index in [2.05, 4.69) is 17.5 Å². The van der Waals surface area contributed by atoms with Gasteiger partial charge in [-0.2, -0.15) is 5.10 Å². The third-order valence-corrected chi connectivity index (χ3v) is 7.12. The van der Waals surface area contributed by atoms with Crippen LogP contribution in [-0.4, -0.2) is 32.3 Å². The van der Waals surface area contributed by atoms with Gasteiger partial charge in [-0.1, -0.05) is 96.8 Å². The van der Waals surface area contributed by atoms with Crippen molar-refractivity contribution in [3.8, 4) is 17.2 Å². The second kappa shape index (κ2) is 21.4. The first-order chi connectivity index (χ1) is 20.1. The zero-order valence-corrected chi connectivity index (χ0v) is 25.4. The zero-order chi connectivity index (χ0) is 29.5. The molecule has 0 saturated carbocycles. The van der Waals surface area contributed by atoms with Crippen LogP contribution in [0.2, 0.25) is 0 Å². The van der Waals surface area contributed by atoms with Gasteiger partial charge in [-0.15, -0.1) is 0 Å². The maximum Gasteiger partial charge on any atom is 0.343 e. The monoisotopic (exact) mass is 566 g/mol. The van der Waals surface area contributed by atoms with Gasteiger partial charge in [-0.25, -0.2) is 10.2 Å². The number of hydrogen-bond donors (Lipinski definition) is 1. The number of nitrogens with one attached hydrogen (secondary N) is 1. The average Bonchev–Trinajstić information content (AvgIpc) is 2.99. The van der Waals surface area contributed by atoms with Gasteiger partial charge in [0, 0.05) is 6.42 Å². The summed E-state index contributed by atoms with van der Waals surface area (Å²) in [6, 6.07) is 11.7. The summed E-state index contributed by atoms with van der Waals surface area (Å²) in [7, 11) is 3.05. The summed E-state index contributed by atoms with van der Waals surface area (Å²) in [4.78, 5) is 24.5. The van der Waals surface area contributed by atoms with E-state index in [1.807, 2.05) is 0 Å². The molecule has 7 nitrogen and oxygen atoms in total. The Kier molecular flexibility index (Phi) is 17.7. The summed E-state index contributed by atoms with van der Waals surface area (Å²) < 4.78 is 15.9. The lowest BCUT2D eigenvalue weighted by Crippen LogP contribution is -2.16. The van der Waals surface area contributed by atoms with Crippen molar-refractivity contribution in [1.82, 2.24) is 5.43 Å². The minimum Gasteiger partial charge on any atom is -0.493 e. The Morgan fingerprint density at radius 3 is 1.78 bits per heavy atom. The maximum atomic E-state index is 12.5. The topological polar surface area (TPSA) is 86.2 Å². The standard InChI is InChI=1S/C34H50N2O5/c1-4-5-6-7-8-9-10-11-12-13-14-15-16-17-18-19-33(37)36-35-27-28-20-23-30(24-21-28)41-34(38)29-22-25-31(39-2)32(26-29)40-3/h20-27H,4-19H2,1-3H3,(H,36,37)/b35-27+. The van der Waals surface area contributed by atoms with Crippen LogP contribution in [0.5, 0.6) is 17.2 Å². The van der Waals surface area contributed by atoms with E-state index in [-0.39, 0.29) is 5.91 Å². The Morgan fingerprint density at radius 1 is 0.707 bits per heavy atom. The summed E-state index contributed by atoms with van der Waals surface area (Å²) in [6.07, 6.45) is 21.6. The van der Waals surface area contributed by atoms with E-state index in [4.69, 9.17) is 14.2 Å². The lowest BCUT2D eigenvalue weighted by molar-refractivity contribution is -0.121. The molecule has 0 spiro atoms. The molecule has 0 saturated heterocycles. The van der Waals surface area contributed by atoms with E-state index in [0.717, 1.165) is 18.4 Å². The highest BCUT2D eigenvalue weighted by atomic mass is 16.5. The third-order valence-electron chi connectivity index (χ3n) is 7.12. The van der Waals surface area contributed by atoms with Crippen molar-refractivity contribution in [3.05, 3.63) is 53.6 Å². The molecule has 0 unspecified atom stereocenters. The number of unbranched alkanes of at least 4 members (excludes halogenated alkanes) is 14. The molecule has 0 aliphatic carbocycles. The Balaban J connectivity index is 1.52. The van der Waals surface area contributed by atoms with E-state index in [0.29, 0.717) is 29.2 Å². The fraction of sp³-hybridized carbons (Fsp3) is 0.559. The molecule has 2 aromatic carbocycles. The molecule has 0 fully saturated rings. The fourth-order valence-corrected chi connectivity index (χ4v) is 4.64. The first kappa shape index (κ1) is 33.9. The Labute approximate surface area is 247 Å². The summed E-state index contributed by atoms with van der Waals surface area (Å²) in [5, 5.41) is 4.05. The lowest BCUT2D eigenvalue weighted by Gasteiger charge is -2.09. The smallest absolute Gasteiger partial charge is 0.343 e. The number of hydrogen-bond acceptors (Lipinski definition) is 6. The molecule has 2 aromatic rings. The minimum atomic E-state index is -0.501. The van der Waals surface area contributed by atoms with Crippen LogP contribution in [0.1, 0.15) is 126 Å². The van der Waals surface area contributed by atoms with Crippen LogP contribution in [-0.2, 0) is 4.79 Å². The molecular formula is C34H50N2O5. The lowest BCUT2D eigenvalue weighted by atomic mass is 10.0. The van der Waals surface area contributed by atoms with Gasteiger partial charge in [0.1, 0.15) is 5.75 Å². The molecule has 1 amide bonds. The first-order valence-corrected chi connectivity index (χ1v) is 15.4. The van der Waals surface area contributed by atoms with E-state index in [1.165, 1.54) is 97.7 Å². The molecule has 0 aromatic heterocycles. The van der Waals surface area contributed by atoms with Crippen LogP contribution in [0.15, 0.2) is 47.6 Å². The molecule has 226 valence electrons. The fourth-order valence-electron chi connectivity index (χ4n) is 4.64. The van der Waals surface area contributed by atoms with Crippen molar-refractivity contribution < 1.29 is 23.8 Å². The van der Waals surface area contributed by atoms with Crippen LogP contribution in [0.25, 0.3) is 0 Å². The van der Waals surface area contributed by atoms with Gasteiger partial charge >= 0.3 is 5.97 Å². The van der Waals surface area contributed by atoms with Gasteiger partial charge in [0.05, 0.1) is 26.0 Å². The molecule has 7 heteroatoms. The molecule has 2 rings (SSSR count). The molecule has 0 atom stereocenters. The number of benzene rings is 2. The van der Waals surface area contributed by atoms with Gasteiger partial charge < -0.3 is 14.2 Å². The number of hydrazone groups is 1. The van der Waals surface area contributed by atoms with Crippen LogP contribution in [0.4, 0.5) is 0 Å². The molecule has 0 aliphatic heterocycles. The second-order valence-corrected chi connectivity index (χ2v) is 10.5. The molecular weight excluding hydrogens is 516 g/mol. The van der Waals surface area contributed by atoms with Crippen molar-refractivity contribution in [2.45, 2.75) is 110 Å². The van der Waals surface area contributed by atoms with Crippen molar-refractivity contribution >= 4 is 18.1 Å². The predicted molar refractivity (Wildman–Crippen MR) is 166 cm³/mol. The Hall–Kier alpha value is -3.35. The Bertz CT molecular complexity index is 1040. The van der Waals surface area contributed by atoms with Crippen LogP contribution >= 0.6 is 0 Å². The van der Waals surface area contributed by atoms with Gasteiger partial charge in [-0.3, -0.25) is 4.79 Å². The molecule has 41 heavy (non-hydrogen) atoms. The summed E-state index contributed by atoms with van der Waals surface area (Å²) in [6.45, 7) is 2.27. The number of amides is 1. The third kappa shape index (κ3) is 14.7. The van der Waals surface area contributed by atoms with E-state index in [1.54, 1.807) is 48.7 Å². The summed E-state index contributed by atoms with van der Waals surface area (Å²) >= 11 is 0. The summed E-state index contributed by atoms with van der Waals surface area (Å²) in [5.74, 6) is 0.818. The normalized spacial score (nSPS) is 11.0. The molecule has 1 N–H and O–H groups in total. The number of ether oxygens (including phenoxy) is 3. The summed E-state index contributed by atoms with van der Waals surface area (Å²) in [5.41, 5.74) is 3.72. The van der Waals surface area contributed by atoms with Crippen LogP contribution in [0, 0.1) is 0 Å². The number of nitrogens with zero attached hydrogens (tertiary/aromatic N) is 1. The van der Waals surface area contributed by atoms with Crippen LogP contribution in [0.3, 0.4) is 0 Å². The van der Waals surface area contributed by atoms with Gasteiger partial charge in [-0.05, 0) is 54.4 Å². The van der Waals surface area contributed by atoms with Gasteiger partial charge in [0.25, 0.3) is 0 Å².